The van der Waals surface area contributed by atoms with Gasteiger partial charge >= 0.3 is 0 Å². The number of fused-ring (bicyclic) bond motifs is 2. The molecule has 5 atom stereocenters. The van der Waals surface area contributed by atoms with Gasteiger partial charge in [0, 0.05) is 18.0 Å². The average molecular weight is 305 g/mol. The first-order valence-corrected chi connectivity index (χ1v) is 8.07. The number of nitrogens with zero attached hydrogens (tertiary/aromatic N) is 1. The van der Waals surface area contributed by atoms with E-state index in [0.717, 1.165) is 5.57 Å². The van der Waals surface area contributed by atoms with E-state index in [-0.39, 0.29) is 29.6 Å². The third-order valence-electron chi connectivity index (χ3n) is 5.59. The Morgan fingerprint density at radius 3 is 2.05 bits per heavy atom. The lowest BCUT2D eigenvalue weighted by atomic mass is 9.83. The smallest absolute Gasteiger partial charge is 0.165 e. The molecule has 0 aromatic rings. The van der Waals surface area contributed by atoms with Crippen LogP contribution >= 0.6 is 0 Å². The SMILES string of the molecule is C/C=C(\C)C(=O)[C@H]1C[C@@H]2[C@@H](C(=O)/C(C)=C/C)[C@@H](O)[C@H](C1)N2C. The van der Waals surface area contributed by atoms with Crippen LogP contribution in [0.15, 0.2) is 23.3 Å². The van der Waals surface area contributed by atoms with Gasteiger partial charge < -0.3 is 5.11 Å². The highest BCUT2D eigenvalue weighted by atomic mass is 16.3. The van der Waals surface area contributed by atoms with Gasteiger partial charge in [-0.3, -0.25) is 14.5 Å². The predicted octanol–water partition coefficient (Wildman–Crippen LogP) is 2.13. The number of aliphatic hydroxyl groups is 1. The Labute approximate surface area is 132 Å². The van der Waals surface area contributed by atoms with Gasteiger partial charge in [0.05, 0.1) is 12.0 Å². The number of carbonyl (C=O) groups is 2. The lowest BCUT2D eigenvalue weighted by Gasteiger charge is -2.36. The molecule has 2 heterocycles. The molecule has 0 saturated carbocycles. The largest absolute Gasteiger partial charge is 0.391 e. The van der Waals surface area contributed by atoms with Crippen molar-refractivity contribution in [1.29, 1.82) is 0 Å². The number of hydrogen-bond donors (Lipinski definition) is 1. The zero-order valence-corrected chi connectivity index (χ0v) is 14.2. The number of Topliss-reactive ketones (excluding diaryl/α,β-unsaturated/α-hetero) is 2. The van der Waals surface area contributed by atoms with Gasteiger partial charge in [0.1, 0.15) is 0 Å². The summed E-state index contributed by atoms with van der Waals surface area (Å²) in [5.41, 5.74) is 1.47. The maximum absolute atomic E-state index is 12.6. The van der Waals surface area contributed by atoms with Crippen molar-refractivity contribution >= 4 is 11.6 Å². The van der Waals surface area contributed by atoms with Gasteiger partial charge in [-0.2, -0.15) is 0 Å². The van der Waals surface area contributed by atoms with Gasteiger partial charge in [-0.15, -0.1) is 0 Å². The average Bonchev–Trinajstić information content (AvgIpc) is 2.66. The topological polar surface area (TPSA) is 57.6 Å². The van der Waals surface area contributed by atoms with Gasteiger partial charge in [-0.1, -0.05) is 12.2 Å². The fourth-order valence-electron chi connectivity index (χ4n) is 3.92. The summed E-state index contributed by atoms with van der Waals surface area (Å²) in [6, 6.07) is -0.147. The lowest BCUT2D eigenvalue weighted by molar-refractivity contribution is -0.124. The van der Waals surface area contributed by atoms with E-state index >= 15 is 0 Å². The summed E-state index contributed by atoms with van der Waals surface area (Å²) < 4.78 is 0. The zero-order valence-electron chi connectivity index (χ0n) is 14.2. The van der Waals surface area contributed by atoms with Crippen molar-refractivity contribution in [3.63, 3.8) is 0 Å². The molecule has 2 saturated heterocycles. The van der Waals surface area contributed by atoms with E-state index in [2.05, 4.69) is 4.90 Å². The molecule has 0 aromatic heterocycles. The van der Waals surface area contributed by atoms with Crippen LogP contribution in [0, 0.1) is 11.8 Å². The van der Waals surface area contributed by atoms with Crippen molar-refractivity contribution in [2.75, 3.05) is 7.05 Å². The number of allylic oxidation sites excluding steroid dienone is 4. The zero-order chi connectivity index (χ0) is 16.6. The third kappa shape index (κ3) is 2.70. The van der Waals surface area contributed by atoms with Crippen LogP contribution in [0.5, 0.6) is 0 Å². The quantitative estimate of drug-likeness (QED) is 0.808. The first-order chi connectivity index (χ1) is 10.3. The maximum atomic E-state index is 12.6. The molecule has 0 amide bonds. The van der Waals surface area contributed by atoms with E-state index in [1.807, 2.05) is 33.9 Å². The minimum absolute atomic E-state index is 0.0187. The van der Waals surface area contributed by atoms with Gasteiger partial charge in [-0.05, 0) is 58.7 Å². The number of aliphatic hydroxyl groups excluding tert-OH is 1. The summed E-state index contributed by atoms with van der Waals surface area (Å²) in [5.74, 6) is -0.311. The molecule has 2 fully saturated rings. The van der Waals surface area contributed by atoms with Crippen molar-refractivity contribution in [2.45, 2.75) is 58.7 Å². The van der Waals surface area contributed by atoms with Gasteiger partial charge in [0.15, 0.2) is 11.6 Å². The minimum atomic E-state index is -0.680. The summed E-state index contributed by atoms with van der Waals surface area (Å²) in [6.07, 6.45) is 4.24. The van der Waals surface area contributed by atoms with Gasteiger partial charge in [-0.25, -0.2) is 0 Å². The molecule has 2 aliphatic rings. The highest BCUT2D eigenvalue weighted by Crippen LogP contribution is 2.43. The molecule has 1 N–H and O–H groups in total. The van der Waals surface area contributed by atoms with Crippen LogP contribution in [0.3, 0.4) is 0 Å². The molecular formula is C18H27NO3. The molecule has 0 aliphatic carbocycles. The van der Waals surface area contributed by atoms with Crippen molar-refractivity contribution in [3.05, 3.63) is 23.3 Å². The highest BCUT2D eigenvalue weighted by Gasteiger charge is 2.54. The van der Waals surface area contributed by atoms with Crippen molar-refractivity contribution in [1.82, 2.24) is 4.90 Å². The Morgan fingerprint density at radius 2 is 1.50 bits per heavy atom. The first-order valence-electron chi connectivity index (χ1n) is 8.07. The second-order valence-electron chi connectivity index (χ2n) is 6.66. The van der Waals surface area contributed by atoms with E-state index in [1.54, 1.807) is 13.0 Å². The number of rotatable bonds is 4. The summed E-state index contributed by atoms with van der Waals surface area (Å²) in [6.45, 7) is 7.34. The maximum Gasteiger partial charge on any atom is 0.165 e. The fraction of sp³-hybridized carbons (Fsp3) is 0.667. The first kappa shape index (κ1) is 17.1. The Morgan fingerprint density at radius 1 is 1.00 bits per heavy atom. The molecular weight excluding hydrogens is 278 g/mol. The fourth-order valence-corrected chi connectivity index (χ4v) is 3.92. The standard InChI is InChI=1S/C18H27NO3/c1-6-10(3)16(20)12-8-13-15(17(21)11(4)7-2)18(22)14(9-12)19(13)5/h6-7,12-15,18,22H,8-9H2,1-5H3/b10-6+,11-7+/t12-,13+,14-,15-,18-/m0/s1. The van der Waals surface area contributed by atoms with Crippen molar-refractivity contribution in [3.8, 4) is 0 Å². The number of piperidine rings is 1. The monoisotopic (exact) mass is 305 g/mol. The third-order valence-corrected chi connectivity index (χ3v) is 5.59. The molecule has 0 unspecified atom stereocenters. The summed E-state index contributed by atoms with van der Waals surface area (Å²) in [4.78, 5) is 27.2. The van der Waals surface area contributed by atoms with Crippen LogP contribution < -0.4 is 0 Å². The summed E-state index contributed by atoms with van der Waals surface area (Å²) in [7, 11) is 1.96. The molecule has 2 rings (SSSR count). The Kier molecular flexibility index (Phi) is 5.03. The van der Waals surface area contributed by atoms with E-state index in [1.165, 1.54) is 0 Å². The Balaban J connectivity index is 2.27. The molecule has 2 aliphatic heterocycles. The molecule has 0 spiro atoms. The minimum Gasteiger partial charge on any atom is -0.391 e. The molecule has 4 nitrogen and oxygen atoms in total. The highest BCUT2D eigenvalue weighted by molar-refractivity contribution is 5.99. The van der Waals surface area contributed by atoms with Crippen LogP contribution in [0.25, 0.3) is 0 Å². The van der Waals surface area contributed by atoms with Crippen molar-refractivity contribution < 1.29 is 14.7 Å². The van der Waals surface area contributed by atoms with Crippen LogP contribution in [-0.2, 0) is 9.59 Å². The lowest BCUT2D eigenvalue weighted by Crippen LogP contribution is -2.44. The number of likely N-dealkylation sites (N-methyl/N-ethyl adjacent to an activating group) is 1. The molecule has 0 aromatic carbocycles. The second-order valence-corrected chi connectivity index (χ2v) is 6.66. The normalized spacial score (nSPS) is 36.5. The second kappa shape index (κ2) is 6.47. The van der Waals surface area contributed by atoms with E-state index < -0.39 is 12.0 Å². The van der Waals surface area contributed by atoms with Gasteiger partial charge in [0.25, 0.3) is 0 Å². The van der Waals surface area contributed by atoms with Gasteiger partial charge in [0.2, 0.25) is 0 Å². The number of carbonyl (C=O) groups excluding carboxylic acids is 2. The molecule has 122 valence electrons. The summed E-state index contributed by atoms with van der Waals surface area (Å²) >= 11 is 0. The predicted molar refractivity (Wildman–Crippen MR) is 86.4 cm³/mol. The van der Waals surface area contributed by atoms with Crippen LogP contribution in [0.1, 0.15) is 40.5 Å². The molecule has 22 heavy (non-hydrogen) atoms. The Hall–Kier alpha value is -1.26. The van der Waals surface area contributed by atoms with Crippen LogP contribution in [-0.4, -0.2) is 46.8 Å². The number of ketones is 2. The molecule has 0 radical (unpaired) electrons. The van der Waals surface area contributed by atoms with Crippen molar-refractivity contribution in [2.24, 2.45) is 11.8 Å². The van der Waals surface area contributed by atoms with E-state index in [0.29, 0.717) is 18.4 Å². The van der Waals surface area contributed by atoms with E-state index in [4.69, 9.17) is 0 Å². The number of hydrogen-bond acceptors (Lipinski definition) is 4. The van der Waals surface area contributed by atoms with Crippen LogP contribution in [0.2, 0.25) is 0 Å². The molecule has 2 bridgehead atoms. The van der Waals surface area contributed by atoms with Crippen LogP contribution in [0.4, 0.5) is 0 Å². The summed E-state index contributed by atoms with van der Waals surface area (Å²) in [5, 5.41) is 10.6. The Bertz CT molecular complexity index is 534. The van der Waals surface area contributed by atoms with E-state index in [9.17, 15) is 14.7 Å². The molecule has 4 heteroatoms.